The molecule has 0 N–H and O–H groups in total. The third kappa shape index (κ3) is 3.01. The van der Waals surface area contributed by atoms with E-state index in [4.69, 9.17) is 9.47 Å². The molecule has 0 heterocycles. The van der Waals surface area contributed by atoms with Crippen molar-refractivity contribution in [1.29, 1.82) is 0 Å². The normalized spacial score (nSPS) is 48.7. The van der Waals surface area contributed by atoms with Gasteiger partial charge in [0, 0.05) is 7.11 Å². The molecule has 4 fully saturated rings. The van der Waals surface area contributed by atoms with Crippen LogP contribution in [0.4, 0.5) is 0 Å². The van der Waals surface area contributed by atoms with Gasteiger partial charge in [-0.25, -0.2) is 0 Å². The number of rotatable bonds is 4. The van der Waals surface area contributed by atoms with Crippen LogP contribution in [-0.4, -0.2) is 25.8 Å². The molecular weight excluding hydrogens is 360 g/mol. The number of hydrogen-bond donors (Lipinski definition) is 0. The minimum atomic E-state index is 0.349. The number of hydrogen-bond acceptors (Lipinski definition) is 3. The molecular formula is C26H40O3. The Morgan fingerprint density at radius 1 is 1.07 bits per heavy atom. The monoisotopic (exact) mass is 400 g/mol. The van der Waals surface area contributed by atoms with Gasteiger partial charge in [0.1, 0.15) is 6.79 Å². The highest BCUT2D eigenvalue weighted by Gasteiger charge is 2.62. The predicted molar refractivity (Wildman–Crippen MR) is 114 cm³/mol. The van der Waals surface area contributed by atoms with E-state index in [9.17, 15) is 4.79 Å². The van der Waals surface area contributed by atoms with Crippen molar-refractivity contribution in [2.45, 2.75) is 90.6 Å². The zero-order chi connectivity index (χ0) is 20.2. The molecule has 0 saturated heterocycles. The van der Waals surface area contributed by atoms with Crippen molar-refractivity contribution in [2.24, 2.45) is 40.4 Å². The van der Waals surface area contributed by atoms with Crippen LogP contribution < -0.4 is 0 Å². The number of ketones is 1. The third-order valence-electron chi connectivity index (χ3n) is 10.5. The first kappa shape index (κ1) is 20.2. The quantitative estimate of drug-likeness (QED) is 0.549. The summed E-state index contributed by atoms with van der Waals surface area (Å²) in [5.41, 5.74) is 2.16. The molecule has 0 aromatic rings. The van der Waals surface area contributed by atoms with Crippen LogP contribution in [0.15, 0.2) is 11.6 Å². The van der Waals surface area contributed by atoms with Crippen molar-refractivity contribution in [3.63, 3.8) is 0 Å². The Morgan fingerprint density at radius 3 is 2.72 bits per heavy atom. The maximum Gasteiger partial charge on any atom is 0.155 e. The SMILES string of the molecule is COCO[C@@H]1CC[C@]2(C)C3CC[C@@]45CCC=C(C(C)=O)[C@H]4CCC5C3CC[C@H]2C1. The molecule has 3 unspecified atom stereocenters. The molecule has 5 aliphatic rings. The fraction of sp³-hybridized carbons (Fsp3) is 0.885. The van der Waals surface area contributed by atoms with E-state index in [1.165, 1.54) is 69.8 Å². The van der Waals surface area contributed by atoms with E-state index in [0.29, 0.717) is 35.4 Å². The van der Waals surface area contributed by atoms with E-state index >= 15 is 0 Å². The van der Waals surface area contributed by atoms with Crippen LogP contribution in [0, 0.1) is 40.4 Å². The second-order valence-electron chi connectivity index (χ2n) is 11.3. The van der Waals surface area contributed by atoms with E-state index in [2.05, 4.69) is 13.0 Å². The molecule has 0 aliphatic heterocycles. The summed E-state index contributed by atoms with van der Waals surface area (Å²) in [5.74, 6) is 4.41. The molecule has 0 aromatic carbocycles. The highest BCUT2D eigenvalue weighted by atomic mass is 16.7. The van der Waals surface area contributed by atoms with Gasteiger partial charge in [0.05, 0.1) is 6.10 Å². The molecule has 0 bridgehead atoms. The topological polar surface area (TPSA) is 35.5 Å². The number of methoxy groups -OCH3 is 1. The summed E-state index contributed by atoms with van der Waals surface area (Å²) >= 11 is 0. The van der Waals surface area contributed by atoms with Crippen LogP contribution in [0.25, 0.3) is 0 Å². The van der Waals surface area contributed by atoms with E-state index < -0.39 is 0 Å². The lowest BCUT2D eigenvalue weighted by molar-refractivity contribution is -0.154. The average molecular weight is 401 g/mol. The summed E-state index contributed by atoms with van der Waals surface area (Å²) in [6, 6.07) is 0. The Kier molecular flexibility index (Phi) is 5.22. The highest BCUT2D eigenvalue weighted by Crippen LogP contribution is 2.70. The smallest absolute Gasteiger partial charge is 0.155 e. The molecule has 8 atom stereocenters. The standard InChI is InChI=1S/C26H40O3/c1-17(27)20-5-4-12-26-14-11-22-21(24(26)9-8-23(20)26)7-6-18-15-19(29-16-28-3)10-13-25(18,22)2/h5,18-19,21-24H,4,6-16H2,1-3H3/t18-,19+,21?,22?,23+,24?,25-,26-/m0/s1. The number of ether oxygens (including phenoxy) is 2. The summed E-state index contributed by atoms with van der Waals surface area (Å²) in [6.07, 6.45) is 17.2. The van der Waals surface area contributed by atoms with Gasteiger partial charge < -0.3 is 9.47 Å². The van der Waals surface area contributed by atoms with Gasteiger partial charge in [-0.15, -0.1) is 0 Å². The Morgan fingerprint density at radius 2 is 1.93 bits per heavy atom. The van der Waals surface area contributed by atoms with Crippen molar-refractivity contribution < 1.29 is 14.3 Å². The summed E-state index contributed by atoms with van der Waals surface area (Å²) in [5, 5.41) is 0. The van der Waals surface area contributed by atoms with Crippen LogP contribution in [-0.2, 0) is 14.3 Å². The van der Waals surface area contributed by atoms with Crippen molar-refractivity contribution in [3.8, 4) is 0 Å². The lowest BCUT2D eigenvalue weighted by Gasteiger charge is -2.62. The van der Waals surface area contributed by atoms with Gasteiger partial charge in [0.2, 0.25) is 0 Å². The second-order valence-corrected chi connectivity index (χ2v) is 11.3. The lowest BCUT2D eigenvalue weighted by atomic mass is 9.43. The Hall–Kier alpha value is -0.670. The van der Waals surface area contributed by atoms with E-state index in [1.807, 2.05) is 0 Å². The molecule has 0 radical (unpaired) electrons. The Labute approximate surface area is 177 Å². The number of allylic oxidation sites excluding steroid dienone is 2. The van der Waals surface area contributed by atoms with Crippen LogP contribution in [0.1, 0.15) is 84.5 Å². The maximum atomic E-state index is 12.4. The van der Waals surface area contributed by atoms with Crippen LogP contribution in [0.5, 0.6) is 0 Å². The van der Waals surface area contributed by atoms with Gasteiger partial charge in [0.25, 0.3) is 0 Å². The van der Waals surface area contributed by atoms with E-state index in [1.54, 1.807) is 14.0 Å². The Balaban J connectivity index is 1.36. The minimum absolute atomic E-state index is 0.349. The summed E-state index contributed by atoms with van der Waals surface area (Å²) < 4.78 is 11.1. The molecule has 1 spiro atoms. The average Bonchev–Trinajstić information content (AvgIpc) is 3.12. The second kappa shape index (κ2) is 7.48. The molecule has 3 heteroatoms. The van der Waals surface area contributed by atoms with E-state index in [0.717, 1.165) is 30.1 Å². The molecule has 162 valence electrons. The fourth-order valence-electron chi connectivity index (χ4n) is 9.32. The number of carbonyl (C=O) groups excluding carboxylic acids is 1. The lowest BCUT2D eigenvalue weighted by Crippen LogP contribution is -2.55. The van der Waals surface area contributed by atoms with Crippen molar-refractivity contribution in [3.05, 3.63) is 11.6 Å². The van der Waals surface area contributed by atoms with Gasteiger partial charge in [0.15, 0.2) is 5.78 Å². The molecule has 5 rings (SSSR count). The molecule has 0 amide bonds. The van der Waals surface area contributed by atoms with Gasteiger partial charge in [-0.2, -0.15) is 0 Å². The molecule has 5 aliphatic carbocycles. The highest BCUT2D eigenvalue weighted by molar-refractivity contribution is 5.94. The van der Waals surface area contributed by atoms with Crippen molar-refractivity contribution >= 4 is 5.78 Å². The van der Waals surface area contributed by atoms with Crippen molar-refractivity contribution in [2.75, 3.05) is 13.9 Å². The Bertz CT molecular complexity index is 683. The molecule has 3 nitrogen and oxygen atoms in total. The van der Waals surface area contributed by atoms with Gasteiger partial charge in [-0.3, -0.25) is 4.79 Å². The predicted octanol–water partition coefficient (Wildman–Crippen LogP) is 5.92. The van der Waals surface area contributed by atoms with Crippen molar-refractivity contribution in [1.82, 2.24) is 0 Å². The number of fused-ring (bicyclic) bond motifs is 4. The fourth-order valence-corrected chi connectivity index (χ4v) is 9.32. The first-order chi connectivity index (χ1) is 14.0. The largest absolute Gasteiger partial charge is 0.359 e. The van der Waals surface area contributed by atoms with Crippen LogP contribution >= 0.6 is 0 Å². The number of carbonyl (C=O) groups is 1. The van der Waals surface area contributed by atoms with Gasteiger partial charge in [-0.1, -0.05) is 13.0 Å². The first-order valence-electron chi connectivity index (χ1n) is 12.3. The summed E-state index contributed by atoms with van der Waals surface area (Å²) in [7, 11) is 1.73. The third-order valence-corrected chi connectivity index (χ3v) is 10.5. The van der Waals surface area contributed by atoms with Gasteiger partial charge >= 0.3 is 0 Å². The van der Waals surface area contributed by atoms with Crippen LogP contribution in [0.2, 0.25) is 0 Å². The molecule has 0 aromatic heterocycles. The minimum Gasteiger partial charge on any atom is -0.359 e. The zero-order valence-electron chi connectivity index (χ0n) is 18.8. The van der Waals surface area contributed by atoms with Gasteiger partial charge in [-0.05, 0) is 124 Å². The zero-order valence-corrected chi connectivity index (χ0v) is 18.8. The summed E-state index contributed by atoms with van der Waals surface area (Å²) in [6.45, 7) is 4.88. The summed E-state index contributed by atoms with van der Waals surface area (Å²) in [4.78, 5) is 12.4. The first-order valence-corrected chi connectivity index (χ1v) is 12.3. The molecule has 4 saturated carbocycles. The van der Waals surface area contributed by atoms with E-state index in [-0.39, 0.29) is 0 Å². The molecule has 29 heavy (non-hydrogen) atoms. The number of Topliss-reactive ketones (excluding diaryl/α,β-unsaturated/α-hetero) is 1. The van der Waals surface area contributed by atoms with Crippen LogP contribution in [0.3, 0.4) is 0 Å². The maximum absolute atomic E-state index is 12.4.